The van der Waals surface area contributed by atoms with E-state index in [4.69, 9.17) is 8.83 Å². The summed E-state index contributed by atoms with van der Waals surface area (Å²) >= 11 is 0. The van der Waals surface area contributed by atoms with Gasteiger partial charge in [-0.25, -0.2) is 0 Å². The Morgan fingerprint density at radius 3 is 2.32 bits per heavy atom. The highest BCUT2D eigenvalue weighted by Crippen LogP contribution is 2.24. The molecular weight excluding hydrogens is 508 g/mol. The molecule has 5 nitrogen and oxygen atoms in total. The van der Waals surface area contributed by atoms with Gasteiger partial charge in [0.05, 0.1) is 11.8 Å². The highest BCUT2D eigenvalue weighted by atomic mass is 16.3. The van der Waals surface area contributed by atoms with Gasteiger partial charge in [0.25, 0.3) is 5.91 Å². The van der Waals surface area contributed by atoms with E-state index in [2.05, 4.69) is 83.0 Å². The third-order valence-electron chi connectivity index (χ3n) is 7.55. The number of rotatable bonds is 7. The summed E-state index contributed by atoms with van der Waals surface area (Å²) in [5, 5.41) is 3.88. The molecule has 2 aromatic heterocycles. The number of fused-ring (bicyclic) bond motifs is 4. The first-order chi connectivity index (χ1) is 20.2. The van der Waals surface area contributed by atoms with Crippen molar-refractivity contribution in [2.45, 2.75) is 19.5 Å². The van der Waals surface area contributed by atoms with Gasteiger partial charge in [-0.3, -0.25) is 4.79 Å². The minimum absolute atomic E-state index is 0.183. The molecule has 0 atom stereocenters. The molecule has 0 spiro atoms. The summed E-state index contributed by atoms with van der Waals surface area (Å²) < 4.78 is 11.7. The summed E-state index contributed by atoms with van der Waals surface area (Å²) in [4.78, 5) is 15.7. The summed E-state index contributed by atoms with van der Waals surface area (Å²) in [6, 6.07) is 28.4. The zero-order chi connectivity index (χ0) is 27.6. The van der Waals surface area contributed by atoms with Crippen LogP contribution in [0, 0.1) is 0 Å². The van der Waals surface area contributed by atoms with Gasteiger partial charge in [-0.05, 0) is 59.7 Å². The van der Waals surface area contributed by atoms with Crippen LogP contribution in [0.2, 0.25) is 0 Å². The van der Waals surface area contributed by atoms with Gasteiger partial charge in [0.2, 0.25) is 0 Å². The van der Waals surface area contributed by atoms with Gasteiger partial charge in [0.15, 0.2) is 0 Å². The van der Waals surface area contributed by atoms with Crippen molar-refractivity contribution in [2.75, 3.05) is 0 Å². The van der Waals surface area contributed by atoms with Crippen LogP contribution in [0.5, 0.6) is 0 Å². The first-order valence-electron chi connectivity index (χ1n) is 13.7. The number of allylic oxidation sites excluding steroid dienone is 4. The minimum Gasteiger partial charge on any atom is -0.464 e. The van der Waals surface area contributed by atoms with E-state index >= 15 is 0 Å². The highest BCUT2D eigenvalue weighted by molar-refractivity contribution is 6.07. The van der Waals surface area contributed by atoms with E-state index in [1.165, 1.54) is 16.8 Å². The second kappa shape index (κ2) is 10.7. The molecule has 0 aliphatic heterocycles. The van der Waals surface area contributed by atoms with E-state index in [0.29, 0.717) is 16.8 Å². The fourth-order valence-corrected chi connectivity index (χ4v) is 5.52. The predicted octanol–water partition coefficient (Wildman–Crippen LogP) is 6.07. The van der Waals surface area contributed by atoms with Crippen LogP contribution < -0.4 is 16.1 Å². The molecule has 0 unspecified atom stereocenters. The van der Waals surface area contributed by atoms with Gasteiger partial charge >= 0.3 is 0 Å². The molecule has 0 fully saturated rings. The van der Waals surface area contributed by atoms with Crippen molar-refractivity contribution < 1.29 is 13.6 Å². The third kappa shape index (κ3) is 5.06. The Bertz CT molecular complexity index is 1920. The first-order valence-corrected chi connectivity index (χ1v) is 13.7. The molecule has 3 aromatic carbocycles. The number of hydrogen-bond donors (Lipinski definition) is 1. The zero-order valence-corrected chi connectivity index (χ0v) is 22.4. The van der Waals surface area contributed by atoms with E-state index < -0.39 is 0 Å². The van der Waals surface area contributed by atoms with Gasteiger partial charge in [-0.2, -0.15) is 0 Å². The Kier molecular flexibility index (Phi) is 6.45. The predicted molar refractivity (Wildman–Crippen MR) is 162 cm³/mol. The maximum Gasteiger partial charge on any atom is 0.256 e. The lowest BCUT2D eigenvalue weighted by molar-refractivity contribution is 0.0969. The molecular formula is C36H28N2O3. The molecule has 0 bridgehead atoms. The minimum atomic E-state index is -0.183. The summed E-state index contributed by atoms with van der Waals surface area (Å²) in [6.45, 7) is 1.60. The number of benzene rings is 3. The molecule has 2 aliphatic carbocycles. The van der Waals surface area contributed by atoms with E-state index in [0.717, 1.165) is 46.9 Å². The lowest BCUT2D eigenvalue weighted by Crippen LogP contribution is -2.26. The maximum atomic E-state index is 13.3. The van der Waals surface area contributed by atoms with Gasteiger partial charge in [-0.15, -0.1) is 0 Å². The van der Waals surface area contributed by atoms with E-state index in [9.17, 15) is 4.79 Å². The van der Waals surface area contributed by atoms with Crippen LogP contribution in [0.1, 0.15) is 32.6 Å². The zero-order valence-electron chi connectivity index (χ0n) is 22.4. The van der Waals surface area contributed by atoms with Crippen LogP contribution in [0.3, 0.4) is 0 Å². The van der Waals surface area contributed by atoms with E-state index in [1.54, 1.807) is 6.26 Å². The molecule has 1 N–H and O–H groups in total. The van der Waals surface area contributed by atoms with Crippen LogP contribution in [-0.4, -0.2) is 10.8 Å². The molecule has 200 valence electrons. The Hall–Kier alpha value is -5.29. The summed E-state index contributed by atoms with van der Waals surface area (Å²) in [7, 11) is 0. The van der Waals surface area contributed by atoms with Crippen molar-refractivity contribution in [3.63, 3.8) is 0 Å². The molecule has 7 rings (SSSR count). The lowest BCUT2D eigenvalue weighted by atomic mass is 10.00. The number of amides is 1. The van der Waals surface area contributed by atoms with E-state index in [-0.39, 0.29) is 5.91 Å². The van der Waals surface area contributed by atoms with Gasteiger partial charge < -0.3 is 19.1 Å². The van der Waals surface area contributed by atoms with Crippen LogP contribution >= 0.6 is 0 Å². The van der Waals surface area contributed by atoms with E-state index in [1.807, 2.05) is 48.6 Å². The summed E-state index contributed by atoms with van der Waals surface area (Å²) in [5.41, 5.74) is 9.46. The van der Waals surface area contributed by atoms with Crippen molar-refractivity contribution in [1.29, 1.82) is 0 Å². The molecule has 41 heavy (non-hydrogen) atoms. The van der Waals surface area contributed by atoms with Crippen molar-refractivity contribution in [3.05, 3.63) is 159 Å². The number of carbonyl (C=O) groups is 1. The summed E-state index contributed by atoms with van der Waals surface area (Å²) in [6.07, 6.45) is 14.3. The Morgan fingerprint density at radius 2 is 1.56 bits per heavy atom. The van der Waals surface area contributed by atoms with Crippen LogP contribution in [-0.2, 0) is 19.5 Å². The van der Waals surface area contributed by atoms with Crippen molar-refractivity contribution in [1.82, 2.24) is 10.2 Å². The van der Waals surface area contributed by atoms with Crippen LogP contribution in [0.15, 0.2) is 130 Å². The number of nitrogens with one attached hydrogen (secondary N) is 1. The molecule has 1 amide bonds. The largest absolute Gasteiger partial charge is 0.464 e. The fraction of sp³-hybridized carbons (Fsp3) is 0.0833. The smallest absolute Gasteiger partial charge is 0.256 e. The molecule has 0 radical (unpaired) electrons. The molecule has 0 saturated carbocycles. The molecule has 2 heterocycles. The first kappa shape index (κ1) is 24.7. The molecule has 5 aromatic rings. The molecule has 5 heteroatoms. The highest BCUT2D eigenvalue weighted by Gasteiger charge is 2.21. The second-order valence-electron chi connectivity index (χ2n) is 10.3. The van der Waals surface area contributed by atoms with Gasteiger partial charge in [0.1, 0.15) is 16.4 Å². The average Bonchev–Trinajstić information content (AvgIpc) is 3.57. The topological polar surface area (TPSA) is 58.6 Å². The Morgan fingerprint density at radius 1 is 0.805 bits per heavy atom. The Labute approximate surface area is 237 Å². The third-order valence-corrected chi connectivity index (χ3v) is 7.55. The van der Waals surface area contributed by atoms with Crippen LogP contribution in [0.25, 0.3) is 29.2 Å². The standard InChI is InChI=1S/C36H28N2O3/c39-36(30-14-8-15-33-29(30)19-20-40-33)37-27-13-7-16-34-31(21-27)32-22-28(17-18-35(32)41-34)38(23-25-9-3-1-4-10-25)24-26-11-5-2-6-12-26/h1-21H,22-24H2,(H,37,39). The van der Waals surface area contributed by atoms with Crippen molar-refractivity contribution >= 4 is 35.1 Å². The number of hydrogen-bond acceptors (Lipinski definition) is 4. The molecule has 2 aliphatic rings. The SMILES string of the molecule is O=C(NC1=Cc2c3c(oc2=CC=C1)=CC=C(N(Cc1ccccc1)Cc1ccccc1)C3)c1cccc2occc12. The second-order valence-corrected chi connectivity index (χ2v) is 10.3. The van der Waals surface area contributed by atoms with Crippen molar-refractivity contribution in [2.24, 2.45) is 0 Å². The van der Waals surface area contributed by atoms with Crippen molar-refractivity contribution in [3.8, 4) is 0 Å². The van der Waals surface area contributed by atoms with Crippen LogP contribution in [0.4, 0.5) is 0 Å². The fourth-order valence-electron chi connectivity index (χ4n) is 5.52. The Balaban J connectivity index is 1.19. The lowest BCUT2D eigenvalue weighted by Gasteiger charge is -2.29. The quantitative estimate of drug-likeness (QED) is 0.274. The molecule has 0 saturated heterocycles. The number of carbonyl (C=O) groups excluding carboxylic acids is 1. The average molecular weight is 537 g/mol. The summed E-state index contributed by atoms with van der Waals surface area (Å²) in [5.74, 6) is -0.183. The van der Waals surface area contributed by atoms with Gasteiger partial charge in [0, 0.05) is 47.4 Å². The normalized spacial score (nSPS) is 13.7. The van der Waals surface area contributed by atoms with Gasteiger partial charge in [-0.1, -0.05) is 72.8 Å². The number of nitrogens with zero attached hydrogens (tertiary/aromatic N) is 1. The maximum absolute atomic E-state index is 13.3. The monoisotopic (exact) mass is 536 g/mol. The number of furan rings is 2.